The predicted octanol–water partition coefficient (Wildman–Crippen LogP) is 2.58. The van der Waals surface area contributed by atoms with E-state index in [0.29, 0.717) is 11.6 Å². The Balaban J connectivity index is 1.85. The van der Waals surface area contributed by atoms with Gasteiger partial charge in [0.25, 0.3) is 0 Å². The SMILES string of the molecule is C[C@@H](N)[C@H]1CCCCN1C(=O)COCc1ccccc1Cl. The molecule has 0 radical (unpaired) electrons. The maximum Gasteiger partial charge on any atom is 0.248 e. The topological polar surface area (TPSA) is 55.6 Å². The molecule has 4 nitrogen and oxygen atoms in total. The van der Waals surface area contributed by atoms with Gasteiger partial charge < -0.3 is 15.4 Å². The highest BCUT2D eigenvalue weighted by Gasteiger charge is 2.28. The molecule has 21 heavy (non-hydrogen) atoms. The van der Waals surface area contributed by atoms with Gasteiger partial charge in [0.2, 0.25) is 5.91 Å². The first kappa shape index (κ1) is 16.3. The third-order valence-electron chi connectivity index (χ3n) is 3.92. The van der Waals surface area contributed by atoms with Crippen molar-refractivity contribution in [2.75, 3.05) is 13.2 Å². The number of carbonyl (C=O) groups excluding carboxylic acids is 1. The van der Waals surface area contributed by atoms with Crippen molar-refractivity contribution < 1.29 is 9.53 Å². The Bertz CT molecular complexity index is 479. The Labute approximate surface area is 131 Å². The Morgan fingerprint density at radius 1 is 1.48 bits per heavy atom. The number of hydrogen-bond acceptors (Lipinski definition) is 3. The van der Waals surface area contributed by atoms with Crippen LogP contribution in [0.3, 0.4) is 0 Å². The first-order valence-corrected chi connectivity index (χ1v) is 7.83. The predicted molar refractivity (Wildman–Crippen MR) is 84.1 cm³/mol. The number of piperidine rings is 1. The van der Waals surface area contributed by atoms with Crippen molar-refractivity contribution in [3.05, 3.63) is 34.9 Å². The number of nitrogens with zero attached hydrogens (tertiary/aromatic N) is 1. The summed E-state index contributed by atoms with van der Waals surface area (Å²) in [4.78, 5) is 14.2. The van der Waals surface area contributed by atoms with E-state index in [1.54, 1.807) is 0 Å². The summed E-state index contributed by atoms with van der Waals surface area (Å²) in [6.45, 7) is 3.16. The molecule has 0 saturated carbocycles. The number of benzene rings is 1. The van der Waals surface area contributed by atoms with Crippen LogP contribution in [0, 0.1) is 0 Å². The molecule has 0 aliphatic carbocycles. The van der Waals surface area contributed by atoms with E-state index >= 15 is 0 Å². The number of nitrogens with two attached hydrogens (primary N) is 1. The van der Waals surface area contributed by atoms with Crippen LogP contribution in [0.4, 0.5) is 0 Å². The molecule has 1 aromatic carbocycles. The van der Waals surface area contributed by atoms with Crippen LogP contribution in [0.5, 0.6) is 0 Å². The Hall–Kier alpha value is -1.10. The zero-order valence-electron chi connectivity index (χ0n) is 12.4. The molecule has 116 valence electrons. The number of amides is 1. The van der Waals surface area contributed by atoms with Crippen molar-refractivity contribution in [3.63, 3.8) is 0 Å². The summed E-state index contributed by atoms with van der Waals surface area (Å²) in [5, 5.41) is 0.663. The highest BCUT2D eigenvalue weighted by Crippen LogP contribution is 2.20. The van der Waals surface area contributed by atoms with Crippen molar-refractivity contribution in [1.29, 1.82) is 0 Å². The third kappa shape index (κ3) is 4.43. The van der Waals surface area contributed by atoms with E-state index in [9.17, 15) is 4.79 Å². The Morgan fingerprint density at radius 3 is 2.95 bits per heavy atom. The van der Waals surface area contributed by atoms with E-state index in [-0.39, 0.29) is 24.6 Å². The van der Waals surface area contributed by atoms with Gasteiger partial charge in [-0.2, -0.15) is 0 Å². The van der Waals surface area contributed by atoms with E-state index < -0.39 is 0 Å². The van der Waals surface area contributed by atoms with Gasteiger partial charge in [0.1, 0.15) is 6.61 Å². The first-order valence-electron chi connectivity index (χ1n) is 7.46. The minimum absolute atomic E-state index is 0.00202. The van der Waals surface area contributed by atoms with Gasteiger partial charge in [0, 0.05) is 23.7 Å². The lowest BCUT2D eigenvalue weighted by Crippen LogP contribution is -2.52. The zero-order chi connectivity index (χ0) is 15.2. The minimum Gasteiger partial charge on any atom is -0.367 e. The molecule has 1 heterocycles. The standard InChI is InChI=1S/C16H23ClN2O2/c1-12(18)15-8-4-5-9-19(15)16(20)11-21-10-13-6-2-3-7-14(13)17/h2-3,6-7,12,15H,4-5,8-11,18H2,1H3/t12-,15-/m1/s1. The van der Waals surface area contributed by atoms with Gasteiger partial charge in [-0.15, -0.1) is 0 Å². The van der Waals surface area contributed by atoms with Crippen LogP contribution in [-0.2, 0) is 16.1 Å². The van der Waals surface area contributed by atoms with Gasteiger partial charge in [-0.1, -0.05) is 29.8 Å². The first-order chi connectivity index (χ1) is 10.1. The second-order valence-electron chi connectivity index (χ2n) is 5.59. The molecular weight excluding hydrogens is 288 g/mol. The number of halogens is 1. The summed E-state index contributed by atoms with van der Waals surface area (Å²) in [6, 6.07) is 7.63. The maximum atomic E-state index is 12.3. The quantitative estimate of drug-likeness (QED) is 0.909. The molecule has 1 fully saturated rings. The maximum absolute atomic E-state index is 12.3. The van der Waals surface area contributed by atoms with Crippen molar-refractivity contribution in [3.8, 4) is 0 Å². The number of rotatable bonds is 5. The highest BCUT2D eigenvalue weighted by molar-refractivity contribution is 6.31. The lowest BCUT2D eigenvalue weighted by molar-refractivity contribution is -0.140. The summed E-state index contributed by atoms with van der Waals surface area (Å²) in [5.74, 6) is 0.0176. The lowest BCUT2D eigenvalue weighted by Gasteiger charge is -2.38. The molecule has 1 aromatic rings. The van der Waals surface area contributed by atoms with Crippen LogP contribution in [0.1, 0.15) is 31.7 Å². The fourth-order valence-electron chi connectivity index (χ4n) is 2.76. The molecule has 0 unspecified atom stereocenters. The van der Waals surface area contributed by atoms with E-state index in [4.69, 9.17) is 22.1 Å². The zero-order valence-corrected chi connectivity index (χ0v) is 13.2. The third-order valence-corrected chi connectivity index (χ3v) is 4.29. The summed E-state index contributed by atoms with van der Waals surface area (Å²) in [7, 11) is 0. The average Bonchev–Trinajstić information content (AvgIpc) is 2.49. The van der Waals surface area contributed by atoms with Gasteiger partial charge in [-0.25, -0.2) is 0 Å². The van der Waals surface area contributed by atoms with Gasteiger partial charge in [0.05, 0.1) is 6.61 Å². The van der Waals surface area contributed by atoms with Crippen LogP contribution in [0.2, 0.25) is 5.02 Å². The van der Waals surface area contributed by atoms with Crippen molar-refractivity contribution in [1.82, 2.24) is 4.90 Å². The Morgan fingerprint density at radius 2 is 2.24 bits per heavy atom. The van der Waals surface area contributed by atoms with Crippen LogP contribution in [0.15, 0.2) is 24.3 Å². The molecule has 5 heteroatoms. The van der Waals surface area contributed by atoms with Gasteiger partial charge in [0.15, 0.2) is 0 Å². The van der Waals surface area contributed by atoms with Crippen molar-refractivity contribution >= 4 is 17.5 Å². The minimum atomic E-state index is -0.00202. The monoisotopic (exact) mass is 310 g/mol. The Kier molecular flexibility index (Phi) is 6.03. The van der Waals surface area contributed by atoms with Crippen LogP contribution >= 0.6 is 11.6 Å². The fourth-order valence-corrected chi connectivity index (χ4v) is 2.95. The van der Waals surface area contributed by atoms with Crippen LogP contribution < -0.4 is 5.73 Å². The summed E-state index contributed by atoms with van der Waals surface area (Å²) < 4.78 is 5.53. The smallest absolute Gasteiger partial charge is 0.248 e. The van der Waals surface area contributed by atoms with E-state index in [1.807, 2.05) is 36.1 Å². The molecule has 0 aromatic heterocycles. The average molecular weight is 311 g/mol. The summed E-state index contributed by atoms with van der Waals surface area (Å²) in [5.41, 5.74) is 6.88. The van der Waals surface area contributed by atoms with Crippen LogP contribution in [-0.4, -0.2) is 36.0 Å². The van der Waals surface area contributed by atoms with Crippen molar-refractivity contribution in [2.24, 2.45) is 5.73 Å². The van der Waals surface area contributed by atoms with E-state index in [1.165, 1.54) is 0 Å². The number of carbonyl (C=O) groups is 1. The highest BCUT2D eigenvalue weighted by atomic mass is 35.5. The van der Waals surface area contributed by atoms with Gasteiger partial charge in [-0.3, -0.25) is 4.79 Å². The molecular formula is C16H23ClN2O2. The number of ether oxygens (including phenoxy) is 1. The van der Waals surface area contributed by atoms with Crippen LogP contribution in [0.25, 0.3) is 0 Å². The number of likely N-dealkylation sites (tertiary alicyclic amines) is 1. The number of hydrogen-bond donors (Lipinski definition) is 1. The van der Waals surface area contributed by atoms with E-state index in [0.717, 1.165) is 31.4 Å². The second kappa shape index (κ2) is 7.78. The lowest BCUT2D eigenvalue weighted by atomic mass is 9.97. The molecule has 0 spiro atoms. The second-order valence-corrected chi connectivity index (χ2v) is 6.00. The van der Waals surface area contributed by atoms with Crippen molar-refractivity contribution in [2.45, 2.75) is 44.9 Å². The molecule has 2 atom stereocenters. The molecule has 2 rings (SSSR count). The molecule has 1 saturated heterocycles. The van der Waals surface area contributed by atoms with Gasteiger partial charge in [-0.05, 0) is 37.8 Å². The largest absolute Gasteiger partial charge is 0.367 e. The summed E-state index contributed by atoms with van der Waals surface area (Å²) in [6.07, 6.45) is 3.16. The normalized spacial score (nSPS) is 20.3. The molecule has 1 amide bonds. The van der Waals surface area contributed by atoms with E-state index in [2.05, 4.69) is 0 Å². The fraction of sp³-hybridized carbons (Fsp3) is 0.562. The molecule has 0 bridgehead atoms. The molecule has 1 aliphatic rings. The van der Waals surface area contributed by atoms with Gasteiger partial charge >= 0.3 is 0 Å². The molecule has 1 aliphatic heterocycles. The molecule has 2 N–H and O–H groups in total. The summed E-state index contributed by atoms with van der Waals surface area (Å²) >= 11 is 6.06.